The van der Waals surface area contributed by atoms with Gasteiger partial charge >= 0.3 is 12.1 Å². The second-order valence-electron chi connectivity index (χ2n) is 7.13. The van der Waals surface area contributed by atoms with Crippen LogP contribution in [0.2, 0.25) is 0 Å². The molecule has 5 nitrogen and oxygen atoms in total. The van der Waals surface area contributed by atoms with Crippen LogP contribution in [0.4, 0.5) is 23.2 Å². The van der Waals surface area contributed by atoms with E-state index < -0.39 is 17.9 Å². The van der Waals surface area contributed by atoms with Gasteiger partial charge in [-0.15, -0.1) is 0 Å². The molecule has 2 aromatic carbocycles. The molecule has 0 aliphatic rings. The topological polar surface area (TPSA) is 59.2 Å². The fourth-order valence-electron chi connectivity index (χ4n) is 3.41. The van der Waals surface area contributed by atoms with E-state index in [1.165, 1.54) is 42.7 Å². The zero-order chi connectivity index (χ0) is 22.7. The molecule has 0 aliphatic carbocycles. The molecule has 0 unspecified atom stereocenters. The van der Waals surface area contributed by atoms with Crippen molar-refractivity contribution in [2.45, 2.75) is 19.0 Å². The average molecular weight is 443 g/mol. The van der Waals surface area contributed by atoms with Gasteiger partial charge in [0.15, 0.2) is 5.76 Å². The first-order chi connectivity index (χ1) is 15.3. The summed E-state index contributed by atoms with van der Waals surface area (Å²) in [7, 11) is 0. The number of nitrogens with zero attached hydrogens (tertiary/aromatic N) is 3. The molecule has 0 saturated carbocycles. The first-order valence-electron chi connectivity index (χ1n) is 9.76. The number of aryl methyl sites for hydroxylation is 1. The fraction of sp³-hybridized carbons (Fsp3) is 0.174. The number of anilines is 1. The van der Waals surface area contributed by atoms with Gasteiger partial charge in [-0.05, 0) is 49.2 Å². The second-order valence-corrected chi connectivity index (χ2v) is 7.13. The zero-order valence-corrected chi connectivity index (χ0v) is 16.6. The molecule has 9 heteroatoms. The van der Waals surface area contributed by atoms with Crippen molar-refractivity contribution in [3.63, 3.8) is 0 Å². The SMILES string of the molecule is O=C(N(CCCc1cnoc1-c1ccc(F)cc1)c1cnc2ccccc2c1)C(F)(F)F. The molecular weight excluding hydrogens is 426 g/mol. The molecule has 1 amide bonds. The third-order valence-electron chi connectivity index (χ3n) is 4.95. The number of alkyl halides is 3. The minimum absolute atomic E-state index is 0.0649. The van der Waals surface area contributed by atoms with Crippen molar-refractivity contribution in [3.8, 4) is 11.3 Å². The number of aromatic nitrogens is 2. The van der Waals surface area contributed by atoms with E-state index in [1.807, 2.05) is 0 Å². The van der Waals surface area contributed by atoms with Gasteiger partial charge < -0.3 is 9.42 Å². The Hall–Kier alpha value is -3.75. The Kier molecular flexibility index (Phi) is 5.89. The van der Waals surface area contributed by atoms with E-state index in [4.69, 9.17) is 4.52 Å². The van der Waals surface area contributed by atoms with Crippen LogP contribution in [0.5, 0.6) is 0 Å². The third-order valence-corrected chi connectivity index (χ3v) is 4.95. The van der Waals surface area contributed by atoms with Crippen LogP contribution in [0.15, 0.2) is 71.5 Å². The van der Waals surface area contributed by atoms with E-state index in [1.54, 1.807) is 24.3 Å². The molecule has 2 heterocycles. The van der Waals surface area contributed by atoms with Crippen LogP contribution >= 0.6 is 0 Å². The molecule has 4 aromatic rings. The monoisotopic (exact) mass is 443 g/mol. The lowest BCUT2D eigenvalue weighted by Gasteiger charge is -2.24. The Balaban J connectivity index is 1.54. The molecule has 0 bridgehead atoms. The first kappa shape index (κ1) is 21.5. The standard InChI is InChI=1S/C23H17F4N3O2/c24-18-9-7-15(8-10-18)21-17(13-29-32-21)5-3-11-30(22(31)23(25,26)27)19-12-16-4-1-2-6-20(16)28-14-19/h1-2,4,6-10,12-14H,3,5,11H2. The molecule has 32 heavy (non-hydrogen) atoms. The van der Waals surface area contributed by atoms with Crippen molar-refractivity contribution in [1.82, 2.24) is 10.1 Å². The number of carbonyl (C=O) groups is 1. The smallest absolute Gasteiger partial charge is 0.356 e. The fourth-order valence-corrected chi connectivity index (χ4v) is 3.41. The lowest BCUT2D eigenvalue weighted by molar-refractivity contribution is -0.170. The van der Waals surface area contributed by atoms with E-state index >= 15 is 0 Å². The summed E-state index contributed by atoms with van der Waals surface area (Å²) in [5.74, 6) is -1.95. The minimum atomic E-state index is -5.03. The number of para-hydroxylation sites is 1. The maximum atomic E-state index is 13.3. The average Bonchev–Trinajstić information content (AvgIpc) is 3.24. The predicted octanol–water partition coefficient (Wildman–Crippen LogP) is 5.56. The van der Waals surface area contributed by atoms with E-state index in [2.05, 4.69) is 10.1 Å². The molecule has 0 fully saturated rings. The summed E-state index contributed by atoms with van der Waals surface area (Å²) < 4.78 is 58.2. The molecule has 2 aromatic heterocycles. The number of pyridine rings is 1. The van der Waals surface area contributed by atoms with Crippen molar-refractivity contribution in [2.75, 3.05) is 11.4 Å². The molecule has 0 saturated heterocycles. The zero-order valence-electron chi connectivity index (χ0n) is 16.6. The predicted molar refractivity (Wildman–Crippen MR) is 110 cm³/mol. The summed E-state index contributed by atoms with van der Waals surface area (Å²) in [5, 5.41) is 4.37. The van der Waals surface area contributed by atoms with Crippen molar-refractivity contribution in [3.05, 3.63) is 78.4 Å². The van der Waals surface area contributed by atoms with Crippen LogP contribution < -0.4 is 4.90 Å². The van der Waals surface area contributed by atoms with Crippen molar-refractivity contribution in [1.29, 1.82) is 0 Å². The van der Waals surface area contributed by atoms with Crippen LogP contribution in [0.3, 0.4) is 0 Å². The Bertz CT molecular complexity index is 1240. The molecule has 0 aliphatic heterocycles. The lowest BCUT2D eigenvalue weighted by atomic mass is 10.1. The summed E-state index contributed by atoms with van der Waals surface area (Å²) in [6, 6.07) is 14.1. The quantitative estimate of drug-likeness (QED) is 0.366. The van der Waals surface area contributed by atoms with E-state index in [0.29, 0.717) is 39.1 Å². The first-order valence-corrected chi connectivity index (χ1v) is 9.76. The summed E-state index contributed by atoms with van der Waals surface area (Å²) in [4.78, 5) is 17.0. The van der Waals surface area contributed by atoms with E-state index in [-0.39, 0.29) is 18.7 Å². The summed E-state index contributed by atoms with van der Waals surface area (Å²) in [5.41, 5.74) is 1.92. The van der Waals surface area contributed by atoms with Crippen molar-refractivity contribution < 1.29 is 26.9 Å². The number of benzene rings is 2. The number of halogens is 4. The second kappa shape index (κ2) is 8.78. The Morgan fingerprint density at radius 2 is 1.78 bits per heavy atom. The Morgan fingerprint density at radius 1 is 1.03 bits per heavy atom. The van der Waals surface area contributed by atoms with Gasteiger partial charge in [0.2, 0.25) is 0 Å². The van der Waals surface area contributed by atoms with Crippen molar-refractivity contribution in [2.24, 2.45) is 0 Å². The highest BCUT2D eigenvalue weighted by molar-refractivity contribution is 5.98. The van der Waals surface area contributed by atoms with Gasteiger partial charge in [-0.1, -0.05) is 23.4 Å². The summed E-state index contributed by atoms with van der Waals surface area (Å²) >= 11 is 0. The Morgan fingerprint density at radius 3 is 2.53 bits per heavy atom. The van der Waals surface area contributed by atoms with Gasteiger partial charge in [0.25, 0.3) is 0 Å². The van der Waals surface area contributed by atoms with Gasteiger partial charge in [-0.25, -0.2) is 4.39 Å². The molecule has 0 atom stereocenters. The summed E-state index contributed by atoms with van der Waals surface area (Å²) in [6.45, 7) is -0.188. The number of rotatable bonds is 6. The van der Waals surface area contributed by atoms with E-state index in [9.17, 15) is 22.4 Å². The van der Waals surface area contributed by atoms with Gasteiger partial charge in [-0.3, -0.25) is 9.78 Å². The number of hydrogen-bond acceptors (Lipinski definition) is 4. The summed E-state index contributed by atoms with van der Waals surface area (Å²) in [6.07, 6.45) is -1.79. The van der Waals surface area contributed by atoms with E-state index in [0.717, 1.165) is 0 Å². The number of amides is 1. The minimum Gasteiger partial charge on any atom is -0.356 e. The van der Waals surface area contributed by atoms with Crippen LogP contribution in [0, 0.1) is 5.82 Å². The van der Waals surface area contributed by atoms with Crippen LogP contribution in [0.25, 0.3) is 22.2 Å². The van der Waals surface area contributed by atoms with Crippen LogP contribution in [-0.2, 0) is 11.2 Å². The largest absolute Gasteiger partial charge is 0.471 e. The molecular formula is C23H17F4N3O2. The number of hydrogen-bond donors (Lipinski definition) is 0. The highest BCUT2D eigenvalue weighted by Gasteiger charge is 2.43. The van der Waals surface area contributed by atoms with Gasteiger partial charge in [-0.2, -0.15) is 13.2 Å². The molecule has 0 radical (unpaired) electrons. The highest BCUT2D eigenvalue weighted by Crippen LogP contribution is 2.28. The van der Waals surface area contributed by atoms with Crippen LogP contribution in [0.1, 0.15) is 12.0 Å². The van der Waals surface area contributed by atoms with Gasteiger partial charge in [0, 0.05) is 23.1 Å². The van der Waals surface area contributed by atoms with Crippen molar-refractivity contribution >= 4 is 22.5 Å². The maximum Gasteiger partial charge on any atom is 0.471 e. The Labute approximate surface area is 180 Å². The lowest BCUT2D eigenvalue weighted by Crippen LogP contribution is -2.42. The maximum absolute atomic E-state index is 13.3. The molecule has 0 spiro atoms. The van der Waals surface area contributed by atoms with Crippen LogP contribution in [-0.4, -0.2) is 28.8 Å². The molecule has 0 N–H and O–H groups in total. The molecule has 164 valence electrons. The third kappa shape index (κ3) is 4.61. The normalized spacial score (nSPS) is 11.6. The highest BCUT2D eigenvalue weighted by atomic mass is 19.4. The number of carbonyl (C=O) groups excluding carboxylic acids is 1. The number of fused-ring (bicyclic) bond motifs is 1. The van der Waals surface area contributed by atoms with Gasteiger partial charge in [0.05, 0.1) is 23.6 Å². The molecule has 4 rings (SSSR count). The van der Waals surface area contributed by atoms with Gasteiger partial charge in [0.1, 0.15) is 5.82 Å².